The molecule has 1 heterocycles. The highest BCUT2D eigenvalue weighted by molar-refractivity contribution is 9.10. The average molecular weight is 383 g/mol. The Labute approximate surface area is 148 Å². The molecule has 0 radical (unpaired) electrons. The van der Waals surface area contributed by atoms with Crippen LogP contribution in [0.2, 0.25) is 0 Å². The van der Waals surface area contributed by atoms with E-state index in [4.69, 9.17) is 4.74 Å². The van der Waals surface area contributed by atoms with Crippen molar-refractivity contribution in [2.45, 2.75) is 6.61 Å². The monoisotopic (exact) mass is 382 g/mol. The summed E-state index contributed by atoms with van der Waals surface area (Å²) < 4.78 is 6.65. The molecule has 0 aliphatic heterocycles. The number of carbonyl (C=O) groups excluding carboxylic acids is 1. The van der Waals surface area contributed by atoms with Crippen molar-refractivity contribution in [3.63, 3.8) is 0 Å². The third-order valence-electron chi connectivity index (χ3n) is 3.31. The summed E-state index contributed by atoms with van der Waals surface area (Å²) in [6.07, 6.45) is 1.73. The van der Waals surface area contributed by atoms with Crippen molar-refractivity contribution in [1.82, 2.24) is 4.98 Å². The van der Waals surface area contributed by atoms with E-state index in [2.05, 4.69) is 26.2 Å². The molecule has 1 amide bonds. The Morgan fingerprint density at radius 3 is 2.62 bits per heavy atom. The van der Waals surface area contributed by atoms with Crippen LogP contribution in [0, 0.1) is 0 Å². The highest BCUT2D eigenvalue weighted by Gasteiger charge is 2.06. The number of halogens is 1. The van der Waals surface area contributed by atoms with Crippen molar-refractivity contribution in [3.05, 3.63) is 88.7 Å². The van der Waals surface area contributed by atoms with Gasteiger partial charge in [0.05, 0.1) is 5.69 Å². The van der Waals surface area contributed by atoms with Crippen LogP contribution in [-0.2, 0) is 6.61 Å². The molecule has 3 rings (SSSR count). The van der Waals surface area contributed by atoms with Gasteiger partial charge in [-0.3, -0.25) is 9.78 Å². The fourth-order valence-electron chi connectivity index (χ4n) is 2.11. The first-order valence-electron chi connectivity index (χ1n) is 7.40. The maximum atomic E-state index is 12.2. The highest BCUT2D eigenvalue weighted by Crippen LogP contribution is 2.19. The predicted octanol–water partition coefficient (Wildman–Crippen LogP) is 4.68. The molecule has 0 fully saturated rings. The average Bonchev–Trinajstić information content (AvgIpc) is 2.62. The van der Waals surface area contributed by atoms with E-state index in [1.807, 2.05) is 48.5 Å². The van der Waals surface area contributed by atoms with E-state index in [0.717, 1.165) is 10.2 Å². The van der Waals surface area contributed by atoms with Crippen LogP contribution in [0.25, 0.3) is 0 Å². The van der Waals surface area contributed by atoms with E-state index in [-0.39, 0.29) is 5.91 Å². The Balaban J connectivity index is 1.64. The number of carbonyl (C=O) groups is 1. The van der Waals surface area contributed by atoms with E-state index >= 15 is 0 Å². The van der Waals surface area contributed by atoms with Gasteiger partial charge in [-0.1, -0.05) is 28.1 Å². The number of ether oxygens (including phenoxy) is 1. The van der Waals surface area contributed by atoms with Crippen LogP contribution < -0.4 is 10.1 Å². The number of rotatable bonds is 5. The van der Waals surface area contributed by atoms with Crippen molar-refractivity contribution in [1.29, 1.82) is 0 Å². The lowest BCUT2D eigenvalue weighted by Gasteiger charge is -2.09. The van der Waals surface area contributed by atoms with Gasteiger partial charge in [-0.2, -0.15) is 0 Å². The van der Waals surface area contributed by atoms with E-state index < -0.39 is 0 Å². The standard InChI is InChI=1S/C19H15BrN2O2/c20-15-9-7-14(8-10-15)19(23)22-16-5-3-6-18(12-16)24-13-17-4-1-2-11-21-17/h1-12H,13H2,(H,22,23). The van der Waals surface area contributed by atoms with Gasteiger partial charge in [0.2, 0.25) is 0 Å². The summed E-state index contributed by atoms with van der Waals surface area (Å²) in [4.78, 5) is 16.5. The van der Waals surface area contributed by atoms with Crippen molar-refractivity contribution in [2.75, 3.05) is 5.32 Å². The third-order valence-corrected chi connectivity index (χ3v) is 3.84. The second-order valence-corrected chi connectivity index (χ2v) is 6.01. The van der Waals surface area contributed by atoms with Gasteiger partial charge < -0.3 is 10.1 Å². The molecule has 3 aromatic rings. The number of amides is 1. The molecule has 0 aliphatic rings. The number of nitrogens with zero attached hydrogens (tertiary/aromatic N) is 1. The van der Waals surface area contributed by atoms with E-state index in [1.54, 1.807) is 24.4 Å². The lowest BCUT2D eigenvalue weighted by Crippen LogP contribution is -2.11. The molecular weight excluding hydrogens is 368 g/mol. The molecule has 2 aromatic carbocycles. The van der Waals surface area contributed by atoms with Gasteiger partial charge in [0, 0.05) is 28.0 Å². The SMILES string of the molecule is O=C(Nc1cccc(OCc2ccccn2)c1)c1ccc(Br)cc1. The molecule has 120 valence electrons. The summed E-state index contributed by atoms with van der Waals surface area (Å²) in [5.41, 5.74) is 2.13. The fourth-order valence-corrected chi connectivity index (χ4v) is 2.37. The topological polar surface area (TPSA) is 51.2 Å². The second kappa shape index (κ2) is 7.75. The first-order chi connectivity index (χ1) is 11.7. The van der Waals surface area contributed by atoms with Gasteiger partial charge in [-0.05, 0) is 48.5 Å². The first kappa shape index (κ1) is 16.2. The minimum atomic E-state index is -0.163. The Hall–Kier alpha value is -2.66. The number of nitrogens with one attached hydrogen (secondary N) is 1. The summed E-state index contributed by atoms with van der Waals surface area (Å²) in [7, 11) is 0. The third kappa shape index (κ3) is 4.43. The number of benzene rings is 2. The number of anilines is 1. The molecule has 1 aromatic heterocycles. The van der Waals surface area contributed by atoms with E-state index in [0.29, 0.717) is 23.6 Å². The molecule has 0 atom stereocenters. The molecular formula is C19H15BrN2O2. The van der Waals surface area contributed by atoms with Crippen LogP contribution in [0.1, 0.15) is 16.1 Å². The Morgan fingerprint density at radius 2 is 1.88 bits per heavy atom. The van der Waals surface area contributed by atoms with Crippen LogP contribution in [0.3, 0.4) is 0 Å². The van der Waals surface area contributed by atoms with Crippen LogP contribution >= 0.6 is 15.9 Å². The molecule has 0 spiro atoms. The van der Waals surface area contributed by atoms with Gasteiger partial charge in [0.15, 0.2) is 0 Å². The summed E-state index contributed by atoms with van der Waals surface area (Å²) in [6.45, 7) is 0.380. The molecule has 0 saturated carbocycles. The zero-order chi connectivity index (χ0) is 16.8. The number of pyridine rings is 1. The van der Waals surface area contributed by atoms with Crippen molar-refractivity contribution < 1.29 is 9.53 Å². The van der Waals surface area contributed by atoms with Gasteiger partial charge in [0.25, 0.3) is 5.91 Å². The number of hydrogen-bond donors (Lipinski definition) is 1. The van der Waals surface area contributed by atoms with Crippen LogP contribution in [0.4, 0.5) is 5.69 Å². The highest BCUT2D eigenvalue weighted by atomic mass is 79.9. The number of hydrogen-bond acceptors (Lipinski definition) is 3. The van der Waals surface area contributed by atoms with Crippen molar-refractivity contribution in [2.24, 2.45) is 0 Å². The quantitative estimate of drug-likeness (QED) is 0.696. The molecule has 1 N–H and O–H groups in total. The van der Waals surface area contributed by atoms with Crippen molar-refractivity contribution >= 4 is 27.5 Å². The Morgan fingerprint density at radius 1 is 1.04 bits per heavy atom. The fraction of sp³-hybridized carbons (Fsp3) is 0.0526. The molecule has 4 nitrogen and oxygen atoms in total. The van der Waals surface area contributed by atoms with Gasteiger partial charge >= 0.3 is 0 Å². The molecule has 0 unspecified atom stereocenters. The molecule has 24 heavy (non-hydrogen) atoms. The van der Waals surface area contributed by atoms with Crippen LogP contribution in [-0.4, -0.2) is 10.9 Å². The number of aromatic nitrogens is 1. The van der Waals surface area contributed by atoms with Gasteiger partial charge in [-0.15, -0.1) is 0 Å². The van der Waals surface area contributed by atoms with Gasteiger partial charge in [-0.25, -0.2) is 0 Å². The van der Waals surface area contributed by atoms with Gasteiger partial charge in [0.1, 0.15) is 12.4 Å². The Bertz CT molecular complexity index is 820. The summed E-state index contributed by atoms with van der Waals surface area (Å²) >= 11 is 3.35. The molecule has 0 bridgehead atoms. The Kier molecular flexibility index (Phi) is 5.23. The zero-order valence-electron chi connectivity index (χ0n) is 12.8. The first-order valence-corrected chi connectivity index (χ1v) is 8.20. The van der Waals surface area contributed by atoms with E-state index in [1.165, 1.54) is 0 Å². The minimum absolute atomic E-state index is 0.163. The maximum Gasteiger partial charge on any atom is 0.255 e. The second-order valence-electron chi connectivity index (χ2n) is 5.10. The molecule has 0 saturated heterocycles. The lowest BCUT2D eigenvalue weighted by atomic mass is 10.2. The minimum Gasteiger partial charge on any atom is -0.487 e. The van der Waals surface area contributed by atoms with E-state index in [9.17, 15) is 4.79 Å². The lowest BCUT2D eigenvalue weighted by molar-refractivity contribution is 0.102. The van der Waals surface area contributed by atoms with Crippen LogP contribution in [0.15, 0.2) is 77.4 Å². The molecule has 5 heteroatoms. The maximum absolute atomic E-state index is 12.2. The molecule has 0 aliphatic carbocycles. The van der Waals surface area contributed by atoms with Crippen molar-refractivity contribution in [3.8, 4) is 5.75 Å². The normalized spacial score (nSPS) is 10.2. The summed E-state index contributed by atoms with van der Waals surface area (Å²) in [5.74, 6) is 0.513. The smallest absolute Gasteiger partial charge is 0.255 e. The van der Waals surface area contributed by atoms with Crippen LogP contribution in [0.5, 0.6) is 5.75 Å². The largest absolute Gasteiger partial charge is 0.487 e. The summed E-state index contributed by atoms with van der Waals surface area (Å²) in [5, 5.41) is 2.87. The zero-order valence-corrected chi connectivity index (χ0v) is 14.4. The summed E-state index contributed by atoms with van der Waals surface area (Å²) in [6, 6.07) is 20.2. The predicted molar refractivity (Wildman–Crippen MR) is 97.1 cm³/mol.